The summed E-state index contributed by atoms with van der Waals surface area (Å²) >= 11 is 0. The standard InChI is InChI=1S/C22H29N7O5S/c1-32-19-17(34-12-3-15-35(30,31)27-10-13-33-14-11-27)5-4-16-18(19)26-22(28-9-7-24-20(16)28)29-8-2-6-25-21(29)23/h2,4-6,8,21H,3,7,9-15,23H2,1H3. The molecule has 4 aliphatic rings. The van der Waals surface area contributed by atoms with Gasteiger partial charge in [-0.05, 0) is 24.6 Å². The van der Waals surface area contributed by atoms with Gasteiger partial charge in [0.25, 0.3) is 0 Å². The normalized spacial score (nSPS) is 21.9. The molecule has 12 nitrogen and oxygen atoms in total. The van der Waals surface area contributed by atoms with Crippen molar-refractivity contribution in [1.29, 1.82) is 0 Å². The van der Waals surface area contributed by atoms with Crippen molar-refractivity contribution in [2.45, 2.75) is 12.7 Å². The molecule has 1 fully saturated rings. The number of methoxy groups -OCH3 is 1. The highest BCUT2D eigenvalue weighted by Crippen LogP contribution is 2.43. The molecule has 5 rings (SSSR count). The number of guanidine groups is 1. The van der Waals surface area contributed by atoms with E-state index in [9.17, 15) is 8.42 Å². The maximum atomic E-state index is 12.6. The third-order valence-corrected chi connectivity index (χ3v) is 8.05. The molecule has 1 atom stereocenters. The van der Waals surface area contributed by atoms with Gasteiger partial charge in [-0.15, -0.1) is 0 Å². The van der Waals surface area contributed by atoms with Crippen LogP contribution in [0, 0.1) is 0 Å². The molecule has 4 aliphatic heterocycles. The number of rotatable bonds is 7. The highest BCUT2D eigenvalue weighted by atomic mass is 32.2. The fourth-order valence-corrected chi connectivity index (χ4v) is 5.82. The Morgan fingerprint density at radius 2 is 2.06 bits per heavy atom. The first-order valence-corrected chi connectivity index (χ1v) is 13.1. The van der Waals surface area contributed by atoms with E-state index in [1.54, 1.807) is 24.3 Å². The van der Waals surface area contributed by atoms with Crippen molar-refractivity contribution in [2.75, 3.05) is 58.9 Å². The van der Waals surface area contributed by atoms with Crippen LogP contribution in [-0.4, -0.2) is 106 Å². The molecule has 1 unspecified atom stereocenters. The summed E-state index contributed by atoms with van der Waals surface area (Å²) in [6.07, 6.45) is 5.04. The first-order valence-electron chi connectivity index (χ1n) is 11.5. The van der Waals surface area contributed by atoms with Crippen LogP contribution in [0.2, 0.25) is 0 Å². The smallest absolute Gasteiger partial charge is 0.214 e. The second kappa shape index (κ2) is 9.93. The number of sulfonamides is 1. The number of amidine groups is 1. The molecular formula is C22H29N7O5S. The molecule has 1 aromatic rings. The van der Waals surface area contributed by atoms with Crippen molar-refractivity contribution in [3.8, 4) is 11.5 Å². The molecule has 1 saturated heterocycles. The van der Waals surface area contributed by atoms with E-state index in [4.69, 9.17) is 24.9 Å². The van der Waals surface area contributed by atoms with Crippen molar-refractivity contribution in [3.05, 3.63) is 30.0 Å². The van der Waals surface area contributed by atoms with Gasteiger partial charge >= 0.3 is 0 Å². The summed E-state index contributed by atoms with van der Waals surface area (Å²) in [7, 11) is -1.78. The Bertz CT molecular complexity index is 1190. The number of nitrogens with two attached hydrogens (primary N) is 1. The van der Waals surface area contributed by atoms with Crippen LogP contribution in [-0.2, 0) is 14.8 Å². The van der Waals surface area contributed by atoms with Crippen LogP contribution < -0.4 is 15.2 Å². The number of fused-ring (bicyclic) bond motifs is 3. The lowest BCUT2D eigenvalue weighted by atomic mass is 10.1. The monoisotopic (exact) mass is 503 g/mol. The lowest BCUT2D eigenvalue weighted by molar-refractivity contribution is 0.0730. The number of hydrogen-bond donors (Lipinski definition) is 1. The molecule has 13 heteroatoms. The molecule has 0 bridgehead atoms. The zero-order valence-corrected chi connectivity index (χ0v) is 20.4. The Morgan fingerprint density at radius 1 is 1.23 bits per heavy atom. The summed E-state index contributed by atoms with van der Waals surface area (Å²) in [6.45, 7) is 3.19. The van der Waals surface area contributed by atoms with Crippen molar-refractivity contribution in [3.63, 3.8) is 0 Å². The average molecular weight is 504 g/mol. The molecule has 0 aromatic heterocycles. The third-order valence-electron chi connectivity index (χ3n) is 6.09. The summed E-state index contributed by atoms with van der Waals surface area (Å²) in [5.74, 6) is 2.36. The third kappa shape index (κ3) is 4.63. The van der Waals surface area contributed by atoms with Gasteiger partial charge in [0.1, 0.15) is 11.5 Å². The minimum absolute atomic E-state index is 0.00796. The van der Waals surface area contributed by atoms with E-state index in [-0.39, 0.29) is 12.4 Å². The number of hydrogen-bond acceptors (Lipinski definition) is 11. The molecule has 0 spiro atoms. The Hall–Kier alpha value is -3.00. The predicted octanol–water partition coefficient (Wildman–Crippen LogP) is 0.332. The molecular weight excluding hydrogens is 474 g/mol. The van der Waals surface area contributed by atoms with Crippen LogP contribution in [0.4, 0.5) is 5.69 Å². The van der Waals surface area contributed by atoms with E-state index < -0.39 is 16.3 Å². The minimum Gasteiger partial charge on any atom is -0.491 e. The van der Waals surface area contributed by atoms with Crippen molar-refractivity contribution in [1.82, 2.24) is 14.1 Å². The molecule has 0 amide bonds. The molecule has 0 radical (unpaired) electrons. The van der Waals surface area contributed by atoms with Crippen LogP contribution in [0.25, 0.3) is 0 Å². The van der Waals surface area contributed by atoms with Gasteiger partial charge in [0.05, 0.1) is 39.2 Å². The number of morpholine rings is 1. The lowest BCUT2D eigenvalue weighted by Crippen LogP contribution is -2.52. The van der Waals surface area contributed by atoms with Crippen LogP contribution in [0.5, 0.6) is 11.5 Å². The summed E-state index contributed by atoms with van der Waals surface area (Å²) in [5.41, 5.74) is 7.62. The highest BCUT2D eigenvalue weighted by Gasteiger charge is 2.36. The zero-order valence-electron chi connectivity index (χ0n) is 19.5. The van der Waals surface area contributed by atoms with Gasteiger partial charge in [0.2, 0.25) is 16.0 Å². The molecule has 0 aliphatic carbocycles. The zero-order chi connectivity index (χ0) is 24.4. The van der Waals surface area contributed by atoms with E-state index >= 15 is 0 Å². The molecule has 35 heavy (non-hydrogen) atoms. The van der Waals surface area contributed by atoms with E-state index in [1.165, 1.54) is 4.31 Å². The summed E-state index contributed by atoms with van der Waals surface area (Å²) < 4.78 is 43.5. The van der Waals surface area contributed by atoms with E-state index in [1.807, 2.05) is 23.2 Å². The number of allylic oxidation sites excluding steroid dienone is 1. The first-order chi connectivity index (χ1) is 17.0. The topological polar surface area (TPSA) is 135 Å². The quantitative estimate of drug-likeness (QED) is 0.526. The number of nitrogens with zero attached hydrogens (tertiary/aromatic N) is 6. The van der Waals surface area contributed by atoms with E-state index in [0.717, 1.165) is 11.4 Å². The van der Waals surface area contributed by atoms with Crippen LogP contribution in [0.3, 0.4) is 0 Å². The fraction of sp³-hybridized carbons (Fsp3) is 0.500. The second-order valence-corrected chi connectivity index (χ2v) is 10.3. The largest absolute Gasteiger partial charge is 0.491 e. The van der Waals surface area contributed by atoms with Crippen LogP contribution >= 0.6 is 0 Å². The van der Waals surface area contributed by atoms with Crippen molar-refractivity contribution < 1.29 is 22.6 Å². The van der Waals surface area contributed by atoms with Gasteiger partial charge in [-0.25, -0.2) is 13.4 Å². The SMILES string of the molecule is COc1c(OCCCS(=O)(=O)N2CCOCC2)ccc2c1N=C(N1C=CC=NC1N)N1CCN=C21. The van der Waals surface area contributed by atoms with Gasteiger partial charge in [0.15, 0.2) is 17.8 Å². The maximum Gasteiger partial charge on any atom is 0.214 e. The Kier molecular flexibility index (Phi) is 6.73. The fourth-order valence-electron chi connectivity index (χ4n) is 4.38. The van der Waals surface area contributed by atoms with Crippen molar-refractivity contribution in [2.24, 2.45) is 20.7 Å². The summed E-state index contributed by atoms with van der Waals surface area (Å²) in [4.78, 5) is 17.6. The predicted molar refractivity (Wildman–Crippen MR) is 132 cm³/mol. The van der Waals surface area contributed by atoms with Gasteiger partial charge < -0.3 is 14.2 Å². The number of benzene rings is 1. The van der Waals surface area contributed by atoms with Crippen LogP contribution in [0.15, 0.2) is 39.4 Å². The Labute approximate surface area is 204 Å². The van der Waals surface area contributed by atoms with Gasteiger partial charge in [0, 0.05) is 37.6 Å². The van der Waals surface area contributed by atoms with Gasteiger partial charge in [-0.2, -0.15) is 4.31 Å². The minimum atomic E-state index is -3.34. The summed E-state index contributed by atoms with van der Waals surface area (Å²) in [6, 6.07) is 3.71. The van der Waals surface area contributed by atoms with E-state index in [2.05, 4.69) is 9.98 Å². The Balaban J connectivity index is 1.35. The van der Waals surface area contributed by atoms with Crippen molar-refractivity contribution >= 4 is 33.7 Å². The molecule has 188 valence electrons. The average Bonchev–Trinajstić information content (AvgIpc) is 3.37. The highest BCUT2D eigenvalue weighted by molar-refractivity contribution is 7.89. The number of aliphatic imine (C=N–C) groups is 3. The van der Waals surface area contributed by atoms with Crippen LogP contribution in [0.1, 0.15) is 12.0 Å². The van der Waals surface area contributed by atoms with E-state index in [0.29, 0.717) is 69.0 Å². The molecule has 4 heterocycles. The lowest BCUT2D eigenvalue weighted by Gasteiger charge is -2.36. The molecule has 0 saturated carbocycles. The molecule has 2 N–H and O–H groups in total. The Morgan fingerprint density at radius 3 is 2.83 bits per heavy atom. The van der Waals surface area contributed by atoms with Gasteiger partial charge in [-0.1, -0.05) is 0 Å². The second-order valence-electron chi connectivity index (χ2n) is 8.25. The maximum absolute atomic E-state index is 12.6. The molecule has 1 aromatic carbocycles. The van der Waals surface area contributed by atoms with Gasteiger partial charge in [-0.3, -0.25) is 25.5 Å². The number of ether oxygens (including phenoxy) is 3. The summed E-state index contributed by atoms with van der Waals surface area (Å²) in [5, 5.41) is 0. The first kappa shape index (κ1) is 23.7.